The molecular weight excluding hydrogens is 511 g/mol. The molecule has 164 valence electrons. The summed E-state index contributed by atoms with van der Waals surface area (Å²) in [5.74, 6) is 0.672. The molecule has 3 rings (SSSR count). The van der Waals surface area contributed by atoms with Gasteiger partial charge in [0.1, 0.15) is 0 Å². The first-order valence-corrected chi connectivity index (χ1v) is 11.6. The van der Waals surface area contributed by atoms with Crippen LogP contribution in [0.4, 0.5) is 0 Å². The van der Waals surface area contributed by atoms with Crippen molar-refractivity contribution in [1.29, 1.82) is 0 Å². The summed E-state index contributed by atoms with van der Waals surface area (Å²) in [7, 11) is -1.70. The van der Waals surface area contributed by atoms with Crippen LogP contribution in [-0.4, -0.2) is 38.8 Å². The van der Waals surface area contributed by atoms with Crippen molar-refractivity contribution in [3.05, 3.63) is 65.7 Å². The van der Waals surface area contributed by atoms with Gasteiger partial charge in [-0.15, -0.1) is 24.0 Å². The molecule has 0 bridgehead atoms. The summed E-state index contributed by atoms with van der Waals surface area (Å²) >= 11 is 0. The number of halogens is 1. The van der Waals surface area contributed by atoms with Gasteiger partial charge >= 0.3 is 0 Å². The molecule has 1 saturated heterocycles. The fraction of sp³-hybridized carbons (Fsp3) is 0.409. The van der Waals surface area contributed by atoms with E-state index < -0.39 is 10.0 Å². The number of hydrogen-bond donors (Lipinski definition) is 2. The van der Waals surface area contributed by atoms with E-state index in [4.69, 9.17) is 0 Å². The van der Waals surface area contributed by atoms with Crippen LogP contribution < -0.4 is 10.6 Å². The summed E-state index contributed by atoms with van der Waals surface area (Å²) in [5.41, 5.74) is 2.07. The van der Waals surface area contributed by atoms with E-state index >= 15 is 0 Å². The minimum Gasteiger partial charge on any atom is -0.352 e. The smallest absolute Gasteiger partial charge is 0.243 e. The normalized spacial score (nSPS) is 16.4. The second-order valence-electron chi connectivity index (χ2n) is 7.31. The topological polar surface area (TPSA) is 73.8 Å². The maximum atomic E-state index is 12.9. The van der Waals surface area contributed by atoms with Crippen molar-refractivity contribution in [3.63, 3.8) is 0 Å². The average molecular weight is 542 g/mol. The summed E-state index contributed by atoms with van der Waals surface area (Å²) in [6, 6.07) is 17.4. The van der Waals surface area contributed by atoms with Gasteiger partial charge in [0, 0.05) is 26.7 Å². The molecule has 1 fully saturated rings. The van der Waals surface area contributed by atoms with Crippen molar-refractivity contribution in [2.45, 2.75) is 43.7 Å². The molecular formula is C22H31IN4O2S. The second kappa shape index (κ2) is 11.7. The predicted molar refractivity (Wildman–Crippen MR) is 133 cm³/mol. The van der Waals surface area contributed by atoms with Crippen molar-refractivity contribution in [1.82, 2.24) is 14.9 Å². The zero-order chi connectivity index (χ0) is 20.7. The van der Waals surface area contributed by atoms with Gasteiger partial charge in [-0.2, -0.15) is 4.31 Å². The van der Waals surface area contributed by atoms with Gasteiger partial charge in [0.25, 0.3) is 0 Å². The lowest BCUT2D eigenvalue weighted by Gasteiger charge is -2.26. The fourth-order valence-corrected chi connectivity index (χ4v) is 5.07. The minimum atomic E-state index is -3.42. The molecule has 0 aromatic heterocycles. The van der Waals surface area contributed by atoms with Gasteiger partial charge < -0.3 is 10.6 Å². The maximum Gasteiger partial charge on any atom is 0.243 e. The van der Waals surface area contributed by atoms with E-state index in [1.54, 1.807) is 29.6 Å². The number of aliphatic imine (C=N–C) groups is 1. The van der Waals surface area contributed by atoms with Crippen molar-refractivity contribution in [2.75, 3.05) is 20.1 Å². The molecule has 2 aromatic rings. The summed E-state index contributed by atoms with van der Waals surface area (Å²) in [6.07, 6.45) is 2.97. The van der Waals surface area contributed by atoms with E-state index in [9.17, 15) is 8.42 Å². The Labute approximate surface area is 197 Å². The molecule has 0 spiro atoms. The summed E-state index contributed by atoms with van der Waals surface area (Å²) < 4.78 is 27.4. The van der Waals surface area contributed by atoms with Gasteiger partial charge in [-0.3, -0.25) is 4.99 Å². The largest absolute Gasteiger partial charge is 0.352 e. The third-order valence-electron chi connectivity index (χ3n) is 5.19. The van der Waals surface area contributed by atoms with Crippen LogP contribution in [0.15, 0.2) is 64.5 Å². The predicted octanol–water partition coefficient (Wildman–Crippen LogP) is 3.91. The lowest BCUT2D eigenvalue weighted by atomic mass is 10.1. The molecule has 1 heterocycles. The van der Waals surface area contributed by atoms with Crippen molar-refractivity contribution < 1.29 is 8.42 Å². The summed E-state index contributed by atoms with van der Waals surface area (Å²) in [4.78, 5) is 4.64. The third-order valence-corrected chi connectivity index (χ3v) is 7.08. The quantitative estimate of drug-likeness (QED) is 0.330. The molecule has 0 amide bonds. The van der Waals surface area contributed by atoms with Crippen LogP contribution in [-0.2, 0) is 16.6 Å². The van der Waals surface area contributed by atoms with Gasteiger partial charge in [0.2, 0.25) is 10.0 Å². The molecule has 2 N–H and O–H groups in total. The van der Waals surface area contributed by atoms with Crippen LogP contribution in [0, 0.1) is 0 Å². The molecule has 0 saturated carbocycles. The minimum absolute atomic E-state index is 0. The number of piperidine rings is 1. The Morgan fingerprint density at radius 1 is 1.07 bits per heavy atom. The van der Waals surface area contributed by atoms with Crippen LogP contribution in [0.5, 0.6) is 0 Å². The van der Waals surface area contributed by atoms with Crippen molar-refractivity contribution in [2.24, 2.45) is 4.99 Å². The van der Waals surface area contributed by atoms with E-state index in [-0.39, 0.29) is 30.0 Å². The Morgan fingerprint density at radius 3 is 2.43 bits per heavy atom. The Balaban J connectivity index is 0.00000320. The molecule has 30 heavy (non-hydrogen) atoms. The van der Waals surface area contributed by atoms with E-state index in [2.05, 4.69) is 34.7 Å². The molecule has 1 aliphatic heterocycles. The molecule has 8 heteroatoms. The molecule has 0 radical (unpaired) electrons. The summed E-state index contributed by atoms with van der Waals surface area (Å²) in [5, 5.41) is 6.64. The Kier molecular flexibility index (Phi) is 9.57. The zero-order valence-corrected chi connectivity index (χ0v) is 20.7. The Bertz CT molecular complexity index is 929. The number of sulfonamides is 1. The highest BCUT2D eigenvalue weighted by Crippen LogP contribution is 2.21. The van der Waals surface area contributed by atoms with Crippen LogP contribution in [0.1, 0.15) is 43.4 Å². The second-order valence-corrected chi connectivity index (χ2v) is 9.25. The Hall–Kier alpha value is -1.65. The first kappa shape index (κ1) is 24.6. The third kappa shape index (κ3) is 6.42. The highest BCUT2D eigenvalue weighted by molar-refractivity contribution is 14.0. The van der Waals surface area contributed by atoms with Gasteiger partial charge in [-0.25, -0.2) is 8.42 Å². The van der Waals surface area contributed by atoms with Gasteiger partial charge in [-0.1, -0.05) is 48.9 Å². The standard InChI is InChI=1S/C22H30N4O2S.HI/c1-18(20-11-5-3-6-12-20)25-22(23-2)24-17-19-10-9-13-21(16-19)29(27,28)26-14-7-4-8-15-26;/h3,5-6,9-13,16,18H,4,7-8,14-15,17H2,1-2H3,(H2,23,24,25);1H. The number of nitrogens with one attached hydrogen (secondary N) is 2. The lowest BCUT2D eigenvalue weighted by molar-refractivity contribution is 0.346. The Morgan fingerprint density at radius 2 is 1.77 bits per heavy atom. The van der Waals surface area contributed by atoms with E-state index in [1.807, 2.05) is 24.3 Å². The monoisotopic (exact) mass is 542 g/mol. The van der Waals surface area contributed by atoms with Gasteiger partial charge in [0.15, 0.2) is 5.96 Å². The van der Waals surface area contributed by atoms with Crippen LogP contribution in [0.3, 0.4) is 0 Å². The van der Waals surface area contributed by atoms with Gasteiger partial charge in [0.05, 0.1) is 10.9 Å². The van der Waals surface area contributed by atoms with Crippen LogP contribution in [0.25, 0.3) is 0 Å². The molecule has 1 atom stereocenters. The number of hydrogen-bond acceptors (Lipinski definition) is 3. The van der Waals surface area contributed by atoms with Crippen molar-refractivity contribution >= 4 is 40.0 Å². The van der Waals surface area contributed by atoms with Crippen molar-refractivity contribution in [3.8, 4) is 0 Å². The fourth-order valence-electron chi connectivity index (χ4n) is 3.48. The summed E-state index contributed by atoms with van der Waals surface area (Å²) in [6.45, 7) is 3.79. The SMILES string of the molecule is CN=C(NCc1cccc(S(=O)(=O)N2CCCCC2)c1)NC(C)c1ccccc1.I. The average Bonchev–Trinajstić information content (AvgIpc) is 2.78. The van der Waals surface area contributed by atoms with E-state index in [0.29, 0.717) is 30.5 Å². The van der Waals surface area contributed by atoms with Gasteiger partial charge in [-0.05, 0) is 43.0 Å². The van der Waals surface area contributed by atoms with E-state index in [1.165, 1.54) is 5.56 Å². The lowest BCUT2D eigenvalue weighted by Crippen LogP contribution is -2.38. The first-order valence-electron chi connectivity index (χ1n) is 10.1. The van der Waals surface area contributed by atoms with Crippen LogP contribution in [0.2, 0.25) is 0 Å². The zero-order valence-electron chi connectivity index (χ0n) is 17.5. The molecule has 0 aliphatic carbocycles. The molecule has 2 aromatic carbocycles. The number of benzene rings is 2. The highest BCUT2D eigenvalue weighted by Gasteiger charge is 2.25. The molecule has 1 unspecified atom stereocenters. The number of nitrogens with zero attached hydrogens (tertiary/aromatic N) is 2. The first-order chi connectivity index (χ1) is 14.0. The number of rotatable bonds is 6. The molecule has 1 aliphatic rings. The maximum absolute atomic E-state index is 12.9. The highest BCUT2D eigenvalue weighted by atomic mass is 127. The number of guanidine groups is 1. The van der Waals surface area contributed by atoms with E-state index in [0.717, 1.165) is 24.8 Å². The van der Waals surface area contributed by atoms with Crippen LogP contribution >= 0.6 is 24.0 Å². The molecule has 6 nitrogen and oxygen atoms in total.